The van der Waals surface area contributed by atoms with Gasteiger partial charge in [0.2, 0.25) is 11.8 Å². The standard InChI is InChI=1S/C29H29Cl2N5O2/c1-29(19-38-27-9-6-23(31)15-34-27)18-36(17-26(29)20-2-4-22(30)5-3-20)28(37)21-10-12-35(13-11-21)25-8-7-24(14-32)33-16-25/h2-9,15-16,21,26H,10-13,17-19H2,1H3/t26-,29-/m1/s1. The number of carbonyl (C=O) groups is 1. The van der Waals surface area contributed by atoms with Gasteiger partial charge in [-0.3, -0.25) is 4.79 Å². The predicted molar refractivity (Wildman–Crippen MR) is 148 cm³/mol. The Morgan fingerprint density at radius 3 is 2.42 bits per heavy atom. The Morgan fingerprint density at radius 2 is 1.79 bits per heavy atom. The van der Waals surface area contributed by atoms with Crippen molar-refractivity contribution in [1.29, 1.82) is 5.26 Å². The number of carbonyl (C=O) groups excluding carboxylic acids is 1. The summed E-state index contributed by atoms with van der Waals surface area (Å²) < 4.78 is 6.11. The van der Waals surface area contributed by atoms with Gasteiger partial charge in [0.15, 0.2) is 0 Å². The van der Waals surface area contributed by atoms with Gasteiger partial charge < -0.3 is 14.5 Å². The Hall–Kier alpha value is -3.34. The first-order valence-electron chi connectivity index (χ1n) is 12.7. The molecule has 0 N–H and O–H groups in total. The van der Waals surface area contributed by atoms with Crippen molar-refractivity contribution in [2.24, 2.45) is 11.3 Å². The number of ether oxygens (including phenoxy) is 1. The smallest absolute Gasteiger partial charge is 0.225 e. The third kappa shape index (κ3) is 5.72. The highest BCUT2D eigenvalue weighted by molar-refractivity contribution is 6.30. The van der Waals surface area contributed by atoms with Gasteiger partial charge in [-0.15, -0.1) is 0 Å². The van der Waals surface area contributed by atoms with Crippen molar-refractivity contribution in [1.82, 2.24) is 14.9 Å². The first-order chi connectivity index (χ1) is 18.3. The minimum absolute atomic E-state index is 0.0235. The number of nitrogens with zero attached hydrogens (tertiary/aromatic N) is 5. The maximum atomic E-state index is 13.7. The van der Waals surface area contributed by atoms with Crippen LogP contribution in [-0.2, 0) is 4.79 Å². The summed E-state index contributed by atoms with van der Waals surface area (Å²) in [5, 5.41) is 10.2. The van der Waals surface area contributed by atoms with Gasteiger partial charge in [0.1, 0.15) is 11.8 Å². The van der Waals surface area contributed by atoms with E-state index in [1.165, 1.54) is 0 Å². The molecular weight excluding hydrogens is 521 g/mol. The summed E-state index contributed by atoms with van der Waals surface area (Å²) in [7, 11) is 0. The molecule has 2 aromatic heterocycles. The molecule has 0 radical (unpaired) electrons. The van der Waals surface area contributed by atoms with Gasteiger partial charge in [0.05, 0.1) is 23.5 Å². The van der Waals surface area contributed by atoms with E-state index < -0.39 is 0 Å². The molecule has 0 saturated carbocycles. The number of benzene rings is 1. The number of aromatic nitrogens is 2. The predicted octanol–water partition coefficient (Wildman–Crippen LogP) is 5.58. The fraction of sp³-hybridized carbons (Fsp3) is 0.379. The van der Waals surface area contributed by atoms with Crippen LogP contribution in [0, 0.1) is 22.7 Å². The van der Waals surface area contributed by atoms with Gasteiger partial charge in [-0.1, -0.05) is 42.3 Å². The molecule has 0 unspecified atom stereocenters. The van der Waals surface area contributed by atoms with Crippen molar-refractivity contribution in [3.8, 4) is 11.9 Å². The summed E-state index contributed by atoms with van der Waals surface area (Å²) in [5.41, 5.74) is 2.23. The van der Waals surface area contributed by atoms with Gasteiger partial charge in [-0.05, 0) is 48.7 Å². The molecule has 0 spiro atoms. The quantitative estimate of drug-likeness (QED) is 0.399. The molecule has 7 nitrogen and oxygen atoms in total. The Labute approximate surface area is 233 Å². The van der Waals surface area contributed by atoms with Crippen LogP contribution in [0.25, 0.3) is 0 Å². The summed E-state index contributed by atoms with van der Waals surface area (Å²) in [6, 6.07) is 17.1. The molecule has 9 heteroatoms. The Kier molecular flexibility index (Phi) is 7.73. The third-order valence-electron chi connectivity index (χ3n) is 7.70. The maximum absolute atomic E-state index is 13.7. The number of rotatable bonds is 6. The molecule has 2 saturated heterocycles. The number of hydrogen-bond acceptors (Lipinski definition) is 6. The number of piperidine rings is 1. The van der Waals surface area contributed by atoms with E-state index in [0.717, 1.165) is 37.2 Å². The average Bonchev–Trinajstić information content (AvgIpc) is 3.30. The van der Waals surface area contributed by atoms with Gasteiger partial charge in [0.25, 0.3) is 0 Å². The van der Waals surface area contributed by atoms with Gasteiger partial charge in [0, 0.05) is 60.7 Å². The summed E-state index contributed by atoms with van der Waals surface area (Å²) in [4.78, 5) is 26.4. The molecule has 1 aromatic carbocycles. The number of hydrogen-bond donors (Lipinski definition) is 0. The third-order valence-corrected chi connectivity index (χ3v) is 8.18. The second kappa shape index (κ2) is 11.2. The topological polar surface area (TPSA) is 82.4 Å². The van der Waals surface area contributed by atoms with E-state index in [0.29, 0.717) is 41.3 Å². The summed E-state index contributed by atoms with van der Waals surface area (Å²) in [5.74, 6) is 0.792. The van der Waals surface area contributed by atoms with Crippen molar-refractivity contribution < 1.29 is 9.53 Å². The minimum Gasteiger partial charge on any atom is -0.477 e. The first kappa shape index (κ1) is 26.3. The molecule has 5 rings (SSSR count). The fourth-order valence-electron chi connectivity index (χ4n) is 5.54. The van der Waals surface area contributed by atoms with Gasteiger partial charge in [-0.25, -0.2) is 9.97 Å². The van der Waals surface area contributed by atoms with E-state index >= 15 is 0 Å². The molecule has 4 heterocycles. The highest BCUT2D eigenvalue weighted by Crippen LogP contribution is 2.44. The summed E-state index contributed by atoms with van der Waals surface area (Å²) in [6.45, 7) is 5.39. The molecule has 1 amide bonds. The van der Waals surface area contributed by atoms with E-state index in [-0.39, 0.29) is 23.2 Å². The number of amides is 1. The van der Waals surface area contributed by atoms with Crippen LogP contribution in [0.5, 0.6) is 5.88 Å². The van der Waals surface area contributed by atoms with Crippen LogP contribution in [-0.4, -0.2) is 53.6 Å². The lowest BCUT2D eigenvalue weighted by molar-refractivity contribution is -0.135. The van der Waals surface area contributed by atoms with Crippen LogP contribution in [0.1, 0.15) is 36.9 Å². The number of anilines is 1. The Bertz CT molecular complexity index is 1300. The van der Waals surface area contributed by atoms with Gasteiger partial charge in [-0.2, -0.15) is 5.26 Å². The van der Waals surface area contributed by atoms with Crippen LogP contribution in [0.15, 0.2) is 60.9 Å². The molecule has 0 aliphatic carbocycles. The first-order valence-corrected chi connectivity index (χ1v) is 13.5. The lowest BCUT2D eigenvalue weighted by Crippen LogP contribution is -2.42. The van der Waals surface area contributed by atoms with Crippen molar-refractivity contribution >= 4 is 34.8 Å². The minimum atomic E-state index is -0.306. The molecule has 2 aliphatic rings. The monoisotopic (exact) mass is 549 g/mol. The normalized spacial score (nSPS) is 21.8. The largest absolute Gasteiger partial charge is 0.477 e. The second-order valence-corrected chi connectivity index (χ2v) is 11.2. The lowest BCUT2D eigenvalue weighted by atomic mass is 9.77. The van der Waals surface area contributed by atoms with Crippen LogP contribution in [0.4, 0.5) is 5.69 Å². The number of likely N-dealkylation sites (tertiary alicyclic amines) is 1. The molecule has 2 atom stereocenters. The van der Waals surface area contributed by atoms with Crippen LogP contribution < -0.4 is 9.64 Å². The van der Waals surface area contributed by atoms with Crippen LogP contribution in [0.3, 0.4) is 0 Å². The number of pyridine rings is 2. The zero-order valence-corrected chi connectivity index (χ0v) is 22.7. The molecule has 2 fully saturated rings. The number of nitriles is 1. The van der Waals surface area contributed by atoms with E-state index in [2.05, 4.69) is 27.9 Å². The molecule has 196 valence electrons. The van der Waals surface area contributed by atoms with Crippen LogP contribution in [0.2, 0.25) is 10.0 Å². The summed E-state index contributed by atoms with van der Waals surface area (Å²) in [6.07, 6.45) is 4.87. The Morgan fingerprint density at radius 1 is 1.05 bits per heavy atom. The molecule has 2 aliphatic heterocycles. The zero-order valence-electron chi connectivity index (χ0n) is 21.2. The van der Waals surface area contributed by atoms with Gasteiger partial charge >= 0.3 is 0 Å². The van der Waals surface area contributed by atoms with E-state index in [1.54, 1.807) is 30.6 Å². The average molecular weight is 550 g/mol. The van der Waals surface area contributed by atoms with Crippen molar-refractivity contribution in [2.75, 3.05) is 37.7 Å². The van der Waals surface area contributed by atoms with Crippen molar-refractivity contribution in [2.45, 2.75) is 25.7 Å². The van der Waals surface area contributed by atoms with E-state index in [1.807, 2.05) is 35.2 Å². The lowest BCUT2D eigenvalue weighted by Gasteiger charge is -2.34. The molecule has 3 aromatic rings. The van der Waals surface area contributed by atoms with Crippen molar-refractivity contribution in [3.63, 3.8) is 0 Å². The number of halogens is 2. The van der Waals surface area contributed by atoms with Crippen LogP contribution >= 0.6 is 23.2 Å². The van der Waals surface area contributed by atoms with E-state index in [4.69, 9.17) is 33.2 Å². The molecule has 38 heavy (non-hydrogen) atoms. The Balaban J connectivity index is 1.27. The second-order valence-electron chi connectivity index (χ2n) is 10.4. The summed E-state index contributed by atoms with van der Waals surface area (Å²) >= 11 is 12.1. The highest BCUT2D eigenvalue weighted by atomic mass is 35.5. The van der Waals surface area contributed by atoms with E-state index in [9.17, 15) is 4.79 Å². The highest BCUT2D eigenvalue weighted by Gasteiger charge is 2.47. The SMILES string of the molecule is C[C@]1(COc2ccc(Cl)cn2)CN(C(=O)C2CCN(c3ccc(C#N)nc3)CC2)C[C@@H]1c1ccc(Cl)cc1. The fourth-order valence-corrected chi connectivity index (χ4v) is 5.77. The van der Waals surface area contributed by atoms with Crippen molar-refractivity contribution in [3.05, 3.63) is 82.2 Å². The zero-order chi connectivity index (χ0) is 26.7. The molecule has 0 bridgehead atoms. The maximum Gasteiger partial charge on any atom is 0.225 e. The molecular formula is C29H29Cl2N5O2.